The Morgan fingerprint density at radius 2 is 1.17 bits per heavy atom. The lowest BCUT2D eigenvalue weighted by molar-refractivity contribution is -0.159. The van der Waals surface area contributed by atoms with Crippen LogP contribution < -0.4 is 69.8 Å². The molecule has 2 heterocycles. The number of aryl methyl sites for hydroxylation is 1. The van der Waals surface area contributed by atoms with E-state index >= 15 is 0 Å². The van der Waals surface area contributed by atoms with E-state index in [0.717, 1.165) is 41.0 Å². The van der Waals surface area contributed by atoms with Gasteiger partial charge in [0.05, 0.1) is 17.5 Å². The number of likely N-dealkylation sites (tertiary alicyclic amines) is 1. The standard InChI is InChI=1S/C90H130N16O26S3/c1-8-23-76(114)132-52-106(85(122)77(54(5)9-2)102-84(121)70-28-20-22-41-105(70)7)69(53(3)4)36-38-73-96-67(50-133-73)83(120)94-59(45-58-30-32-60(107)33-31-58)44-55(6)78(115)103-104-90(130)131-42-43-134-135-51-68(88(127)128)99-82(119)66(48-75(112)113)97-79(116)61(91)49-93-80(117)64(46-56-24-15-13-16-25-56)98-81(118)65(47-57-26-17-14-18-27-57)95-72(109)29-19-11-10-12-21-40-92-71(108)37-34-62(86(123)124)100-89(129)101-63(87(125)126)35-39-74(110)111/h13-18,24-27,30-33,50,53-55,59,61-66,68-70,77,107H,8-12,19-23,28-29,34-49,51-52,91H2,1-7H3,(H,92,108)(H,93,117)(H,94,120)(H,95,109)(H,97,116)(H,98,118)(H,99,119)(H,102,121)(H,103,115)(H,104,130)(H,110,111)(H,112,113)(H,123,124)(H,125,126)(H,127,128)(H2,100,101,129)/t54?,55-,59+,61-,62-,63-,64-,65-,66-,68-,69+,70+,77-/m0/s1. The van der Waals surface area contributed by atoms with Gasteiger partial charge in [0.15, 0.2) is 6.73 Å². The van der Waals surface area contributed by atoms with Crippen LogP contribution in [0.15, 0.2) is 90.3 Å². The molecule has 1 saturated heterocycles. The number of phenols is 1. The highest BCUT2D eigenvalue weighted by molar-refractivity contribution is 8.76. The number of likely N-dealkylation sites (N-methyl/N-ethyl adjacent to an activating group) is 1. The van der Waals surface area contributed by atoms with Gasteiger partial charge in [-0.3, -0.25) is 72.7 Å². The first-order chi connectivity index (χ1) is 64.2. The van der Waals surface area contributed by atoms with E-state index in [9.17, 15) is 112 Å². The first-order valence-electron chi connectivity index (χ1n) is 45.0. The molecule has 0 radical (unpaired) electrons. The molecule has 0 bridgehead atoms. The first-order valence-corrected chi connectivity index (χ1v) is 48.4. The molecule has 1 aromatic heterocycles. The summed E-state index contributed by atoms with van der Waals surface area (Å²) in [4.78, 5) is 243. The molecule has 0 spiro atoms. The summed E-state index contributed by atoms with van der Waals surface area (Å²) in [5.41, 5.74) is 12.7. The number of hydrogen-bond donors (Lipinski definition) is 19. The zero-order chi connectivity index (χ0) is 99.6. The fourth-order valence-electron chi connectivity index (χ4n) is 14.3. The summed E-state index contributed by atoms with van der Waals surface area (Å²) >= 11 is 1.23. The fourth-order valence-corrected chi connectivity index (χ4v) is 17.1. The van der Waals surface area contributed by atoms with E-state index < -0.39 is 193 Å². The summed E-state index contributed by atoms with van der Waals surface area (Å²) < 4.78 is 10.9. The Balaban J connectivity index is 1.08. The molecule has 13 amide bonds. The summed E-state index contributed by atoms with van der Waals surface area (Å²) in [7, 11) is 3.83. The number of thiazole rings is 1. The molecule has 1 aliphatic rings. The van der Waals surface area contributed by atoms with Gasteiger partial charge in [0.1, 0.15) is 66.4 Å². The minimum atomic E-state index is -1.90. The number of benzene rings is 3. The van der Waals surface area contributed by atoms with Crippen LogP contribution >= 0.6 is 32.9 Å². The topological polar surface area (TPSA) is 637 Å². The monoisotopic (exact) mass is 1950 g/mol. The number of phenolic OH excluding ortho intramolecular Hbond substituents is 1. The van der Waals surface area contributed by atoms with Crippen LogP contribution in [0.3, 0.4) is 0 Å². The summed E-state index contributed by atoms with van der Waals surface area (Å²) in [6.45, 7) is 10.9. The van der Waals surface area contributed by atoms with E-state index in [4.69, 9.17) is 20.3 Å². The largest absolute Gasteiger partial charge is 0.508 e. The number of aromatic nitrogens is 1. The number of carbonyl (C=O) groups excluding carboxylic acids is 13. The Kier molecular flexibility index (Phi) is 51.1. The molecule has 0 saturated carbocycles. The summed E-state index contributed by atoms with van der Waals surface area (Å²) in [6, 6.07) is 8.78. The van der Waals surface area contributed by atoms with Crippen molar-refractivity contribution in [2.24, 2.45) is 23.5 Å². The van der Waals surface area contributed by atoms with Gasteiger partial charge in [-0.25, -0.2) is 34.4 Å². The molecule has 744 valence electrons. The Bertz CT molecular complexity index is 4560. The molecule has 135 heavy (non-hydrogen) atoms. The number of urea groups is 1. The van der Waals surface area contributed by atoms with Gasteiger partial charge >= 0.3 is 47.9 Å². The van der Waals surface area contributed by atoms with Crippen molar-refractivity contribution in [3.63, 3.8) is 0 Å². The average molecular weight is 1950 g/mol. The van der Waals surface area contributed by atoms with Gasteiger partial charge in [0.2, 0.25) is 53.2 Å². The van der Waals surface area contributed by atoms with Gasteiger partial charge in [-0.05, 0) is 118 Å². The van der Waals surface area contributed by atoms with E-state index in [-0.39, 0.29) is 118 Å². The second-order valence-electron chi connectivity index (χ2n) is 33.3. The van der Waals surface area contributed by atoms with E-state index in [1.165, 1.54) is 28.4 Å². The fraction of sp³-hybridized carbons (Fsp3) is 0.567. The normalized spacial score (nSPS) is 15.1. The number of nitrogens with two attached hydrogens (primary N) is 1. The summed E-state index contributed by atoms with van der Waals surface area (Å²) in [6.07, 6.45) is 3.48. The third-order valence-electron chi connectivity index (χ3n) is 22.1. The molecular weight excluding hydrogens is 1820 g/mol. The summed E-state index contributed by atoms with van der Waals surface area (Å²) in [5.74, 6) is -16.3. The third-order valence-corrected chi connectivity index (χ3v) is 25.4. The van der Waals surface area contributed by atoms with Crippen molar-refractivity contribution >= 4 is 140 Å². The van der Waals surface area contributed by atoms with Crippen LogP contribution in [-0.2, 0) is 107 Å². The number of amides is 13. The Morgan fingerprint density at radius 3 is 1.77 bits per heavy atom. The van der Waals surface area contributed by atoms with Gasteiger partial charge in [0, 0.05) is 92.9 Å². The van der Waals surface area contributed by atoms with Crippen LogP contribution in [0.25, 0.3) is 0 Å². The number of aliphatic carboxylic acids is 5. The van der Waals surface area contributed by atoms with E-state index in [2.05, 4.69) is 63.7 Å². The van der Waals surface area contributed by atoms with Crippen LogP contribution in [-0.4, -0.2) is 270 Å². The second-order valence-corrected chi connectivity index (χ2v) is 36.9. The highest BCUT2D eigenvalue weighted by Gasteiger charge is 2.40. The maximum Gasteiger partial charge on any atom is 0.426 e. The number of piperidine rings is 1. The van der Waals surface area contributed by atoms with Crippen LogP contribution in [0, 0.1) is 17.8 Å². The second kappa shape index (κ2) is 60.9. The number of esters is 1. The zero-order valence-corrected chi connectivity index (χ0v) is 79.4. The number of carbonyl (C=O) groups is 18. The van der Waals surface area contributed by atoms with Crippen molar-refractivity contribution in [1.82, 2.24) is 78.8 Å². The number of hydrogen-bond acceptors (Lipinski definition) is 27. The molecule has 1 fully saturated rings. The highest BCUT2D eigenvalue weighted by atomic mass is 33.1. The molecule has 20 N–H and O–H groups in total. The highest BCUT2D eigenvalue weighted by Crippen LogP contribution is 2.27. The smallest absolute Gasteiger partial charge is 0.426 e. The number of ether oxygens (including phenoxy) is 2. The average Bonchev–Trinajstić information content (AvgIpc) is 1.61. The molecule has 13 atom stereocenters. The quantitative estimate of drug-likeness (QED) is 0.00968. The molecule has 0 aliphatic carbocycles. The van der Waals surface area contributed by atoms with E-state index in [1.807, 2.05) is 51.9 Å². The number of carboxylic acids is 5. The Hall–Kier alpha value is -12.2. The van der Waals surface area contributed by atoms with Crippen molar-refractivity contribution in [3.8, 4) is 5.75 Å². The number of rotatable bonds is 62. The predicted octanol–water partition coefficient (Wildman–Crippen LogP) is 4.19. The van der Waals surface area contributed by atoms with Gasteiger partial charge in [-0.2, -0.15) is 0 Å². The predicted molar refractivity (Wildman–Crippen MR) is 498 cm³/mol. The van der Waals surface area contributed by atoms with Crippen molar-refractivity contribution in [1.29, 1.82) is 0 Å². The number of aromatic hydroxyl groups is 1. The summed E-state index contributed by atoms with van der Waals surface area (Å²) in [5, 5.41) is 85.0. The molecule has 1 unspecified atom stereocenters. The van der Waals surface area contributed by atoms with Crippen LogP contribution in [0.5, 0.6) is 5.75 Å². The van der Waals surface area contributed by atoms with Gasteiger partial charge in [0.25, 0.3) is 5.91 Å². The Labute approximate surface area is 795 Å². The van der Waals surface area contributed by atoms with Crippen molar-refractivity contribution in [2.75, 3.05) is 51.5 Å². The lowest BCUT2D eigenvalue weighted by Gasteiger charge is -2.39. The lowest BCUT2D eigenvalue weighted by atomic mass is 9.93. The van der Waals surface area contributed by atoms with Crippen LogP contribution in [0.1, 0.15) is 196 Å². The molecular formula is C90H130N16O26S3. The molecule has 3 aromatic carbocycles. The Morgan fingerprint density at radius 1 is 0.578 bits per heavy atom. The zero-order valence-electron chi connectivity index (χ0n) is 76.9. The molecule has 45 heteroatoms. The number of carboxylic acid groups (broad SMARTS) is 5. The number of unbranched alkanes of at least 4 members (excludes halogenated alkanes) is 4. The van der Waals surface area contributed by atoms with Crippen molar-refractivity contribution < 1.29 is 126 Å². The molecule has 1 aliphatic heterocycles. The lowest BCUT2D eigenvalue weighted by Crippen LogP contribution is -2.59. The maximum absolute atomic E-state index is 14.8. The molecule has 4 aromatic rings. The SMILES string of the molecule is CCCC(=O)OCN(C(=O)[C@@H](NC(=O)[C@H]1CCCCN1C)C(C)CC)[C@H](CCc1nc(C(=O)N[C@@H](Cc2ccc(O)cc2)C[C@H](C)C(=O)NNC(=O)OCCSSC[C@H](NC(=O)[C@H](CC(=O)O)NC(=O)[C@@H](N)CNC(=O)[C@H](Cc2ccccc2)NC(=O)[C@H](Cc2ccccc2)NC(=O)CCCCCCCNC(=O)CC[C@H](NC(=O)N[C@@H](CCC(=O)O)C(=O)O)C(=O)O)C(=O)O)cs1)C(C)C. The maximum atomic E-state index is 14.8. The van der Waals surface area contributed by atoms with Crippen molar-refractivity contribution in [3.05, 3.63) is 118 Å². The number of nitrogens with zero attached hydrogens (tertiary/aromatic N) is 3. The molecule has 42 nitrogen and oxygen atoms in total. The van der Waals surface area contributed by atoms with Crippen molar-refractivity contribution in [2.45, 2.75) is 256 Å². The van der Waals surface area contributed by atoms with E-state index in [0.29, 0.717) is 85.9 Å². The van der Waals surface area contributed by atoms with Crippen LogP contribution in [0.2, 0.25) is 0 Å². The van der Waals surface area contributed by atoms with E-state index in [1.54, 1.807) is 85.1 Å². The van der Waals surface area contributed by atoms with Gasteiger partial charge < -0.3 is 104 Å². The van der Waals surface area contributed by atoms with Gasteiger partial charge in [-0.1, -0.05) is 168 Å². The number of hydrazine groups is 1. The van der Waals surface area contributed by atoms with Crippen LogP contribution in [0.4, 0.5) is 9.59 Å². The van der Waals surface area contributed by atoms with Gasteiger partial charge in [-0.15, -0.1) is 11.3 Å². The molecule has 5 rings (SSSR count). The minimum Gasteiger partial charge on any atom is -0.508 e. The third kappa shape index (κ3) is 43.3. The first kappa shape index (κ1) is 113. The number of nitrogens with one attached hydrogen (secondary N) is 12. The minimum absolute atomic E-state index is 0.00208.